The fourth-order valence-electron chi connectivity index (χ4n) is 2.69. The molecule has 0 aliphatic heterocycles. The second-order valence-corrected chi connectivity index (χ2v) is 5.38. The zero-order valence-electron chi connectivity index (χ0n) is 11.3. The number of benzene rings is 1. The summed E-state index contributed by atoms with van der Waals surface area (Å²) >= 11 is 0. The van der Waals surface area contributed by atoms with Crippen molar-refractivity contribution in [3.63, 3.8) is 0 Å². The van der Waals surface area contributed by atoms with E-state index in [9.17, 15) is 9.18 Å². The van der Waals surface area contributed by atoms with Gasteiger partial charge in [0.2, 0.25) is 5.91 Å². The summed E-state index contributed by atoms with van der Waals surface area (Å²) in [7, 11) is 1.78. The van der Waals surface area contributed by atoms with Crippen LogP contribution in [0.5, 0.6) is 0 Å². The molecule has 1 aromatic carbocycles. The standard InChI is InChI=1S/C15H21FN2O/c1-18(10-11-6-8-12(16)9-7-11)15(19)13-4-2-3-5-14(13)17/h6-9,13-14H,2-5,10,17H2,1H3. The minimum Gasteiger partial charge on any atom is -0.341 e. The zero-order chi connectivity index (χ0) is 13.8. The smallest absolute Gasteiger partial charge is 0.227 e. The van der Waals surface area contributed by atoms with E-state index in [1.54, 1.807) is 24.1 Å². The van der Waals surface area contributed by atoms with E-state index in [-0.39, 0.29) is 23.7 Å². The van der Waals surface area contributed by atoms with Gasteiger partial charge in [-0.25, -0.2) is 4.39 Å². The van der Waals surface area contributed by atoms with Crippen molar-refractivity contribution in [1.82, 2.24) is 4.90 Å². The Morgan fingerprint density at radius 2 is 1.95 bits per heavy atom. The van der Waals surface area contributed by atoms with E-state index in [0.717, 1.165) is 31.2 Å². The molecule has 0 heterocycles. The highest BCUT2D eigenvalue weighted by atomic mass is 19.1. The van der Waals surface area contributed by atoms with Gasteiger partial charge in [0.1, 0.15) is 5.82 Å². The molecule has 1 saturated carbocycles. The normalized spacial score (nSPS) is 23.1. The van der Waals surface area contributed by atoms with Crippen molar-refractivity contribution in [2.45, 2.75) is 38.3 Å². The molecule has 0 aromatic heterocycles. The van der Waals surface area contributed by atoms with Crippen LogP contribution in [0.15, 0.2) is 24.3 Å². The monoisotopic (exact) mass is 264 g/mol. The summed E-state index contributed by atoms with van der Waals surface area (Å²) in [6.45, 7) is 0.502. The van der Waals surface area contributed by atoms with Gasteiger partial charge in [0.25, 0.3) is 0 Å². The maximum Gasteiger partial charge on any atom is 0.227 e. The van der Waals surface area contributed by atoms with Crippen molar-refractivity contribution in [1.29, 1.82) is 0 Å². The molecule has 0 bridgehead atoms. The number of nitrogens with two attached hydrogens (primary N) is 1. The third-order valence-electron chi connectivity index (χ3n) is 3.85. The van der Waals surface area contributed by atoms with Crippen molar-refractivity contribution < 1.29 is 9.18 Å². The molecule has 1 fully saturated rings. The first-order valence-corrected chi connectivity index (χ1v) is 6.83. The van der Waals surface area contributed by atoms with Crippen molar-refractivity contribution in [2.75, 3.05) is 7.05 Å². The van der Waals surface area contributed by atoms with Crippen molar-refractivity contribution >= 4 is 5.91 Å². The molecule has 0 radical (unpaired) electrons. The zero-order valence-corrected chi connectivity index (χ0v) is 11.3. The van der Waals surface area contributed by atoms with E-state index in [2.05, 4.69) is 0 Å². The summed E-state index contributed by atoms with van der Waals surface area (Å²) in [6, 6.07) is 6.23. The van der Waals surface area contributed by atoms with Gasteiger partial charge in [-0.2, -0.15) is 0 Å². The molecular formula is C15H21FN2O. The first-order chi connectivity index (χ1) is 9.08. The van der Waals surface area contributed by atoms with Crippen LogP contribution in [0.4, 0.5) is 4.39 Å². The number of carbonyl (C=O) groups is 1. The third-order valence-corrected chi connectivity index (χ3v) is 3.85. The molecule has 1 aliphatic rings. The summed E-state index contributed by atoms with van der Waals surface area (Å²) in [6.07, 6.45) is 4.01. The average molecular weight is 264 g/mol. The van der Waals surface area contributed by atoms with Crippen molar-refractivity contribution in [2.24, 2.45) is 11.7 Å². The fourth-order valence-corrected chi connectivity index (χ4v) is 2.69. The largest absolute Gasteiger partial charge is 0.341 e. The summed E-state index contributed by atoms with van der Waals surface area (Å²) in [5.74, 6) is -0.206. The van der Waals surface area contributed by atoms with Gasteiger partial charge in [-0.05, 0) is 30.5 Å². The van der Waals surface area contributed by atoms with E-state index in [1.165, 1.54) is 12.1 Å². The highest BCUT2D eigenvalue weighted by molar-refractivity contribution is 5.79. The van der Waals surface area contributed by atoms with Gasteiger partial charge in [-0.1, -0.05) is 25.0 Å². The van der Waals surface area contributed by atoms with Crippen LogP contribution in [0.25, 0.3) is 0 Å². The molecule has 2 rings (SSSR count). The SMILES string of the molecule is CN(Cc1ccc(F)cc1)C(=O)C1CCCCC1N. The lowest BCUT2D eigenvalue weighted by atomic mass is 9.84. The summed E-state index contributed by atoms with van der Waals surface area (Å²) < 4.78 is 12.8. The maximum absolute atomic E-state index is 12.8. The van der Waals surface area contributed by atoms with E-state index in [4.69, 9.17) is 5.73 Å². The molecule has 4 heteroatoms. The Hall–Kier alpha value is -1.42. The minimum atomic E-state index is -0.257. The molecule has 2 unspecified atom stereocenters. The fraction of sp³-hybridized carbons (Fsp3) is 0.533. The molecular weight excluding hydrogens is 243 g/mol. The molecule has 19 heavy (non-hydrogen) atoms. The molecule has 3 nitrogen and oxygen atoms in total. The third kappa shape index (κ3) is 3.53. The molecule has 2 atom stereocenters. The van der Waals surface area contributed by atoms with Gasteiger partial charge in [0, 0.05) is 19.6 Å². The second kappa shape index (κ2) is 6.15. The number of amides is 1. The Labute approximate surface area is 113 Å². The molecule has 1 aromatic rings. The van der Waals surface area contributed by atoms with Crippen LogP contribution in [0.3, 0.4) is 0 Å². The van der Waals surface area contributed by atoms with Gasteiger partial charge >= 0.3 is 0 Å². The Morgan fingerprint density at radius 1 is 1.32 bits per heavy atom. The number of carbonyl (C=O) groups excluding carboxylic acids is 1. The van der Waals surface area contributed by atoms with Crippen LogP contribution in [0.1, 0.15) is 31.2 Å². The van der Waals surface area contributed by atoms with Gasteiger partial charge < -0.3 is 10.6 Å². The van der Waals surface area contributed by atoms with Crippen LogP contribution in [-0.4, -0.2) is 23.9 Å². The average Bonchev–Trinajstić information content (AvgIpc) is 2.41. The molecule has 2 N–H and O–H groups in total. The van der Waals surface area contributed by atoms with Crippen LogP contribution >= 0.6 is 0 Å². The molecule has 1 aliphatic carbocycles. The van der Waals surface area contributed by atoms with Gasteiger partial charge in [0.05, 0.1) is 5.92 Å². The number of rotatable bonds is 3. The van der Waals surface area contributed by atoms with Crippen LogP contribution in [-0.2, 0) is 11.3 Å². The Balaban J connectivity index is 1.96. The second-order valence-electron chi connectivity index (χ2n) is 5.38. The molecule has 0 spiro atoms. The van der Waals surface area contributed by atoms with E-state index in [0.29, 0.717) is 6.54 Å². The van der Waals surface area contributed by atoms with Crippen molar-refractivity contribution in [3.8, 4) is 0 Å². The number of hydrogen-bond acceptors (Lipinski definition) is 2. The van der Waals surface area contributed by atoms with E-state index >= 15 is 0 Å². The van der Waals surface area contributed by atoms with Gasteiger partial charge in [0.15, 0.2) is 0 Å². The van der Waals surface area contributed by atoms with Crippen molar-refractivity contribution in [3.05, 3.63) is 35.6 Å². The summed E-state index contributed by atoms with van der Waals surface area (Å²) in [5, 5.41) is 0. The Kier molecular flexibility index (Phi) is 4.53. The minimum absolute atomic E-state index is 0.0167. The highest BCUT2D eigenvalue weighted by Gasteiger charge is 2.30. The first-order valence-electron chi connectivity index (χ1n) is 6.83. The number of hydrogen-bond donors (Lipinski definition) is 1. The van der Waals surface area contributed by atoms with Gasteiger partial charge in [-0.3, -0.25) is 4.79 Å². The van der Waals surface area contributed by atoms with E-state index in [1.807, 2.05) is 0 Å². The van der Waals surface area contributed by atoms with Gasteiger partial charge in [-0.15, -0.1) is 0 Å². The molecule has 1 amide bonds. The number of nitrogens with zero attached hydrogens (tertiary/aromatic N) is 1. The summed E-state index contributed by atoms with van der Waals surface area (Å²) in [4.78, 5) is 14.0. The Bertz CT molecular complexity index is 432. The predicted molar refractivity (Wildman–Crippen MR) is 72.8 cm³/mol. The van der Waals surface area contributed by atoms with Crippen LogP contribution in [0, 0.1) is 11.7 Å². The molecule has 0 saturated heterocycles. The summed E-state index contributed by atoms with van der Waals surface area (Å²) in [5.41, 5.74) is 6.97. The van der Waals surface area contributed by atoms with E-state index < -0.39 is 0 Å². The highest BCUT2D eigenvalue weighted by Crippen LogP contribution is 2.25. The predicted octanol–water partition coefficient (Wildman–Crippen LogP) is 2.30. The number of halogens is 1. The lowest BCUT2D eigenvalue weighted by Crippen LogP contribution is -2.44. The van der Waals surface area contributed by atoms with Crippen LogP contribution < -0.4 is 5.73 Å². The quantitative estimate of drug-likeness (QED) is 0.910. The Morgan fingerprint density at radius 3 is 2.58 bits per heavy atom. The maximum atomic E-state index is 12.8. The topological polar surface area (TPSA) is 46.3 Å². The lowest BCUT2D eigenvalue weighted by Gasteiger charge is -2.31. The molecule has 104 valence electrons. The van der Waals surface area contributed by atoms with Crippen LogP contribution in [0.2, 0.25) is 0 Å². The lowest BCUT2D eigenvalue weighted by molar-refractivity contribution is -0.136. The first kappa shape index (κ1) is 14.0.